The fraction of sp³-hybridized carbons (Fsp3) is 0.250. The van der Waals surface area contributed by atoms with Crippen molar-refractivity contribution in [1.29, 1.82) is 0 Å². The van der Waals surface area contributed by atoms with Crippen LogP contribution in [0.15, 0.2) is 47.8 Å². The third kappa shape index (κ3) is 2.63. The van der Waals surface area contributed by atoms with Gasteiger partial charge in [-0.3, -0.25) is 9.13 Å². The Kier molecular flexibility index (Phi) is 3.72. The highest BCUT2D eigenvalue weighted by Gasteiger charge is 2.15. The van der Waals surface area contributed by atoms with Crippen LogP contribution in [0.1, 0.15) is 29.2 Å². The maximum atomic E-state index is 12.9. The molecule has 0 aliphatic heterocycles. The fourth-order valence-electron chi connectivity index (χ4n) is 2.91. The third-order valence-electron chi connectivity index (χ3n) is 4.39. The Labute approximate surface area is 136 Å². The first-order valence-electron chi connectivity index (χ1n) is 7.82. The Bertz CT molecular complexity index is 956. The molecule has 1 heterocycles. The number of allylic oxidation sites excluding steroid dienone is 1. The molecule has 0 atom stereocenters. The number of aromatic nitrogens is 2. The van der Waals surface area contributed by atoms with Crippen LogP contribution in [0.3, 0.4) is 0 Å². The predicted molar refractivity (Wildman–Crippen MR) is 97.0 cm³/mol. The number of fused-ring (bicyclic) bond motifs is 1. The molecule has 118 valence electrons. The zero-order valence-corrected chi connectivity index (χ0v) is 14.2. The molecule has 0 fully saturated rings. The number of imidazole rings is 1. The van der Waals surface area contributed by atoms with Crippen molar-refractivity contribution in [3.8, 4) is 0 Å². The van der Waals surface area contributed by atoms with Crippen LogP contribution >= 0.6 is 0 Å². The van der Waals surface area contributed by atoms with Crippen molar-refractivity contribution in [2.75, 3.05) is 0 Å². The first-order chi connectivity index (χ1) is 10.9. The van der Waals surface area contributed by atoms with Crippen LogP contribution in [-0.4, -0.2) is 9.13 Å². The maximum Gasteiger partial charge on any atom is 0.333 e. The van der Waals surface area contributed by atoms with Crippen LogP contribution in [-0.2, 0) is 6.54 Å². The van der Waals surface area contributed by atoms with Gasteiger partial charge < -0.3 is 0 Å². The molecule has 0 bridgehead atoms. The molecule has 0 aliphatic rings. The lowest BCUT2D eigenvalue weighted by atomic mass is 10.1. The lowest BCUT2D eigenvalue weighted by Crippen LogP contribution is -2.23. The molecule has 23 heavy (non-hydrogen) atoms. The lowest BCUT2D eigenvalue weighted by molar-refractivity contribution is 0.766. The molecule has 3 aromatic rings. The van der Waals surface area contributed by atoms with Crippen molar-refractivity contribution in [3.05, 3.63) is 75.7 Å². The van der Waals surface area contributed by atoms with Gasteiger partial charge in [-0.2, -0.15) is 0 Å². The van der Waals surface area contributed by atoms with Crippen molar-refractivity contribution in [2.24, 2.45) is 0 Å². The Morgan fingerprint density at radius 2 is 1.57 bits per heavy atom. The first-order valence-corrected chi connectivity index (χ1v) is 7.82. The fourth-order valence-corrected chi connectivity index (χ4v) is 2.91. The van der Waals surface area contributed by atoms with Crippen molar-refractivity contribution >= 4 is 16.7 Å². The maximum absolute atomic E-state index is 12.9. The molecule has 0 saturated heterocycles. The highest BCUT2D eigenvalue weighted by molar-refractivity contribution is 5.81. The van der Waals surface area contributed by atoms with Gasteiger partial charge in [0.15, 0.2) is 0 Å². The standard InChI is InChI=1S/C20H22N2O/c1-13(2)22-19-11-16(5)15(4)10-18(19)21(20(22)23)12-17-8-6-14(3)7-9-17/h6-11H,1,12H2,2-5H3. The minimum atomic E-state index is -0.0296. The van der Waals surface area contributed by atoms with Gasteiger partial charge in [-0.15, -0.1) is 0 Å². The van der Waals surface area contributed by atoms with E-state index in [2.05, 4.69) is 63.7 Å². The minimum absolute atomic E-state index is 0.0296. The van der Waals surface area contributed by atoms with Gasteiger partial charge in [-0.1, -0.05) is 36.4 Å². The van der Waals surface area contributed by atoms with E-state index < -0.39 is 0 Å². The highest BCUT2D eigenvalue weighted by Crippen LogP contribution is 2.21. The number of aryl methyl sites for hydroxylation is 3. The molecule has 0 aliphatic carbocycles. The SMILES string of the molecule is C=C(C)n1c(=O)n(Cc2ccc(C)cc2)c2cc(C)c(C)cc21. The van der Waals surface area contributed by atoms with Crippen LogP contribution < -0.4 is 5.69 Å². The van der Waals surface area contributed by atoms with Crippen molar-refractivity contribution < 1.29 is 0 Å². The summed E-state index contributed by atoms with van der Waals surface area (Å²) in [6.45, 7) is 12.6. The first kappa shape index (κ1) is 15.3. The van der Waals surface area contributed by atoms with Crippen molar-refractivity contribution in [1.82, 2.24) is 9.13 Å². The van der Waals surface area contributed by atoms with Gasteiger partial charge in [0.05, 0.1) is 17.6 Å². The normalized spacial score (nSPS) is 11.1. The second-order valence-electron chi connectivity index (χ2n) is 6.35. The van der Waals surface area contributed by atoms with Gasteiger partial charge in [-0.05, 0) is 56.5 Å². The number of nitrogens with zero attached hydrogens (tertiary/aromatic N) is 2. The summed E-state index contributed by atoms with van der Waals surface area (Å²) in [5.74, 6) is 0. The van der Waals surface area contributed by atoms with Crippen molar-refractivity contribution in [3.63, 3.8) is 0 Å². The molecule has 0 saturated carbocycles. The molecule has 2 aromatic carbocycles. The average Bonchev–Trinajstić information content (AvgIpc) is 2.74. The molecule has 3 heteroatoms. The van der Waals surface area contributed by atoms with Gasteiger partial charge in [-0.25, -0.2) is 4.79 Å². The summed E-state index contributed by atoms with van der Waals surface area (Å²) in [5, 5.41) is 0. The molecule has 3 rings (SSSR count). The predicted octanol–water partition coefficient (Wildman–Crippen LogP) is 4.27. The summed E-state index contributed by atoms with van der Waals surface area (Å²) in [4.78, 5) is 12.9. The molecule has 0 unspecified atom stereocenters. The molecule has 0 amide bonds. The summed E-state index contributed by atoms with van der Waals surface area (Å²) in [6.07, 6.45) is 0. The Morgan fingerprint density at radius 1 is 1.00 bits per heavy atom. The summed E-state index contributed by atoms with van der Waals surface area (Å²) < 4.78 is 3.54. The van der Waals surface area contributed by atoms with E-state index in [4.69, 9.17) is 0 Å². The smallest absolute Gasteiger partial charge is 0.287 e. The second kappa shape index (κ2) is 5.58. The highest BCUT2D eigenvalue weighted by atomic mass is 16.1. The Hall–Kier alpha value is -2.55. The topological polar surface area (TPSA) is 26.9 Å². The number of hydrogen-bond acceptors (Lipinski definition) is 1. The van der Waals surface area contributed by atoms with Crippen LogP contribution in [0.4, 0.5) is 0 Å². The molecular formula is C20H22N2O. The van der Waals surface area contributed by atoms with Crippen LogP contribution in [0.25, 0.3) is 16.7 Å². The monoisotopic (exact) mass is 306 g/mol. The van der Waals surface area contributed by atoms with Gasteiger partial charge in [0, 0.05) is 5.70 Å². The molecule has 0 radical (unpaired) electrons. The third-order valence-corrected chi connectivity index (χ3v) is 4.39. The molecule has 1 aromatic heterocycles. The summed E-state index contributed by atoms with van der Waals surface area (Å²) >= 11 is 0. The van der Waals surface area contributed by atoms with E-state index in [1.165, 1.54) is 16.7 Å². The van der Waals surface area contributed by atoms with Crippen molar-refractivity contribution in [2.45, 2.75) is 34.2 Å². The average molecular weight is 306 g/mol. The number of benzene rings is 2. The van der Waals surface area contributed by atoms with E-state index in [0.29, 0.717) is 6.54 Å². The molecular weight excluding hydrogens is 284 g/mol. The number of rotatable bonds is 3. The zero-order chi connectivity index (χ0) is 16.7. The van der Waals surface area contributed by atoms with Crippen LogP contribution in [0.2, 0.25) is 0 Å². The van der Waals surface area contributed by atoms with E-state index in [1.807, 2.05) is 11.5 Å². The summed E-state index contributed by atoms with van der Waals surface area (Å²) in [6, 6.07) is 12.5. The van der Waals surface area contributed by atoms with Crippen LogP contribution in [0, 0.1) is 20.8 Å². The van der Waals surface area contributed by atoms with Crippen LogP contribution in [0.5, 0.6) is 0 Å². The Balaban J connectivity index is 2.25. The second-order valence-corrected chi connectivity index (χ2v) is 6.35. The van der Waals surface area contributed by atoms with E-state index in [1.54, 1.807) is 4.57 Å². The van der Waals surface area contributed by atoms with Gasteiger partial charge in [0.1, 0.15) is 0 Å². The Morgan fingerprint density at radius 3 is 2.13 bits per heavy atom. The molecule has 0 spiro atoms. The lowest BCUT2D eigenvalue weighted by Gasteiger charge is -2.06. The van der Waals surface area contributed by atoms with Gasteiger partial charge in [0.2, 0.25) is 0 Å². The molecule has 3 nitrogen and oxygen atoms in total. The van der Waals surface area contributed by atoms with Gasteiger partial charge in [0.25, 0.3) is 0 Å². The zero-order valence-electron chi connectivity index (χ0n) is 14.2. The van der Waals surface area contributed by atoms with E-state index >= 15 is 0 Å². The molecule has 0 N–H and O–H groups in total. The van der Waals surface area contributed by atoms with E-state index in [9.17, 15) is 4.79 Å². The summed E-state index contributed by atoms with van der Waals surface area (Å²) in [7, 11) is 0. The van der Waals surface area contributed by atoms with E-state index in [0.717, 1.165) is 22.3 Å². The van der Waals surface area contributed by atoms with E-state index in [-0.39, 0.29) is 5.69 Å². The largest absolute Gasteiger partial charge is 0.333 e. The van der Waals surface area contributed by atoms with Gasteiger partial charge >= 0.3 is 5.69 Å². The number of hydrogen-bond donors (Lipinski definition) is 0. The minimum Gasteiger partial charge on any atom is -0.287 e. The summed E-state index contributed by atoms with van der Waals surface area (Å²) in [5.41, 5.74) is 7.31. The quantitative estimate of drug-likeness (QED) is 0.710.